The number of thioether (sulfide) groups is 1. The number of carbonyl (C=O) groups is 2. The van der Waals surface area contributed by atoms with Crippen molar-refractivity contribution in [2.45, 2.75) is 37.2 Å². The molecule has 4 nitrogen and oxygen atoms in total. The van der Waals surface area contributed by atoms with Crippen LogP contribution in [0.15, 0.2) is 0 Å². The summed E-state index contributed by atoms with van der Waals surface area (Å²) in [5.41, 5.74) is 0. The number of alkyl halides is 3. The number of thiol groups is 1. The van der Waals surface area contributed by atoms with Gasteiger partial charge in [-0.3, -0.25) is 9.59 Å². The average molecular weight is 300 g/mol. The molecule has 0 aromatic carbocycles. The van der Waals surface area contributed by atoms with Gasteiger partial charge in [0.2, 0.25) is 10.4 Å². The Morgan fingerprint density at radius 3 is 2.39 bits per heavy atom. The van der Waals surface area contributed by atoms with Crippen LogP contribution in [-0.2, 0) is 4.79 Å². The van der Waals surface area contributed by atoms with E-state index in [2.05, 4.69) is 12.6 Å². The topological polar surface area (TPSA) is 70.0 Å². The van der Waals surface area contributed by atoms with E-state index >= 15 is 0 Å². The summed E-state index contributed by atoms with van der Waals surface area (Å²) in [5.74, 6) is -0.824. The maximum Gasteiger partial charge on any atom is 0.408 e. The third-order valence-electron chi connectivity index (χ3n) is 1.86. The fourth-order valence-corrected chi connectivity index (χ4v) is 2.38. The van der Waals surface area contributed by atoms with E-state index in [1.165, 1.54) is 0 Å². The fourth-order valence-electron chi connectivity index (χ4n) is 1.20. The first-order valence-electron chi connectivity index (χ1n) is 4.77. The van der Waals surface area contributed by atoms with Gasteiger partial charge in [0.05, 0.1) is 6.07 Å². The monoisotopic (exact) mass is 300 g/mol. The van der Waals surface area contributed by atoms with Crippen molar-refractivity contribution < 1.29 is 22.8 Å². The molecule has 0 aromatic heterocycles. The van der Waals surface area contributed by atoms with Gasteiger partial charge in [0.1, 0.15) is 6.04 Å². The summed E-state index contributed by atoms with van der Waals surface area (Å²) in [6.45, 7) is 0.967. The minimum Gasteiger partial charge on any atom is -0.345 e. The normalized spacial score (nSPS) is 14.4. The van der Waals surface area contributed by atoms with E-state index in [4.69, 9.17) is 5.26 Å². The first-order valence-corrected chi connectivity index (χ1v) is 6.09. The summed E-state index contributed by atoms with van der Waals surface area (Å²) in [5, 5.41) is 9.38. The smallest absolute Gasteiger partial charge is 0.345 e. The van der Waals surface area contributed by atoms with Crippen LogP contribution >= 0.6 is 24.4 Å². The second-order valence-electron chi connectivity index (χ2n) is 3.40. The second-order valence-corrected chi connectivity index (χ2v) is 5.38. The molecule has 0 fully saturated rings. The molecular formula is C9H11F3N2O2S2. The van der Waals surface area contributed by atoms with Crippen LogP contribution in [-0.4, -0.2) is 27.8 Å². The number of hydrogen-bond donors (Lipinski definition) is 2. The molecule has 0 aliphatic rings. The van der Waals surface area contributed by atoms with Crippen molar-refractivity contribution in [1.82, 2.24) is 5.32 Å². The molecule has 102 valence electrons. The summed E-state index contributed by atoms with van der Waals surface area (Å²) >= 11 is 3.99. The van der Waals surface area contributed by atoms with Gasteiger partial charge in [0.15, 0.2) is 0 Å². The molecule has 1 N–H and O–H groups in total. The minimum atomic E-state index is -4.63. The number of nitriles is 1. The van der Waals surface area contributed by atoms with Gasteiger partial charge in [-0.15, -0.1) is 0 Å². The van der Waals surface area contributed by atoms with Crippen molar-refractivity contribution in [3.05, 3.63) is 0 Å². The summed E-state index contributed by atoms with van der Waals surface area (Å²) < 4.78 is 37.2. The van der Waals surface area contributed by atoms with Crippen LogP contribution in [0.1, 0.15) is 19.8 Å². The lowest BCUT2D eigenvalue weighted by Gasteiger charge is -2.23. The van der Waals surface area contributed by atoms with Crippen LogP contribution in [0.4, 0.5) is 18.0 Å². The molecule has 0 bridgehead atoms. The Balaban J connectivity index is 4.75. The molecule has 0 heterocycles. The Bertz CT molecular complexity index is 355. The third kappa shape index (κ3) is 7.45. The van der Waals surface area contributed by atoms with Crippen LogP contribution in [0.5, 0.6) is 0 Å². The Labute approximate surface area is 112 Å². The van der Waals surface area contributed by atoms with Crippen LogP contribution in [0.3, 0.4) is 0 Å². The highest BCUT2D eigenvalue weighted by Crippen LogP contribution is 2.29. The molecule has 0 aromatic rings. The lowest BCUT2D eigenvalue weighted by molar-refractivity contribution is -0.162. The predicted octanol–water partition coefficient (Wildman–Crippen LogP) is 2.51. The zero-order valence-electron chi connectivity index (χ0n) is 9.32. The molecule has 0 aliphatic carbocycles. The van der Waals surface area contributed by atoms with Crippen molar-refractivity contribution in [2.24, 2.45) is 0 Å². The molecule has 2 atom stereocenters. The largest absolute Gasteiger partial charge is 0.408 e. The molecule has 0 spiro atoms. The number of carbonyl (C=O) groups excluding carboxylic acids is 2. The highest BCUT2D eigenvalue weighted by atomic mass is 32.2. The summed E-state index contributed by atoms with van der Waals surface area (Å²) in [6, 6.07) is -0.379. The van der Waals surface area contributed by atoms with Crippen molar-refractivity contribution >= 4 is 34.7 Å². The molecule has 0 rings (SSSR count). The maximum atomic E-state index is 12.6. The van der Waals surface area contributed by atoms with Gasteiger partial charge >= 0.3 is 6.18 Å². The van der Waals surface area contributed by atoms with Crippen molar-refractivity contribution in [3.8, 4) is 6.07 Å². The molecule has 0 radical (unpaired) electrons. The van der Waals surface area contributed by atoms with E-state index in [0.29, 0.717) is 11.8 Å². The second kappa shape index (κ2) is 7.53. The number of amides is 1. The average Bonchev–Trinajstić information content (AvgIpc) is 2.13. The lowest BCUT2D eigenvalue weighted by Crippen LogP contribution is -2.46. The minimum absolute atomic E-state index is 0.233. The van der Waals surface area contributed by atoms with Crippen LogP contribution in [0.25, 0.3) is 0 Å². The first kappa shape index (κ1) is 17.1. The van der Waals surface area contributed by atoms with Gasteiger partial charge in [0, 0.05) is 18.6 Å². The van der Waals surface area contributed by atoms with E-state index < -0.39 is 34.2 Å². The first-order chi connectivity index (χ1) is 8.16. The van der Waals surface area contributed by atoms with Crippen molar-refractivity contribution in [1.29, 1.82) is 5.26 Å². The third-order valence-corrected chi connectivity index (χ3v) is 3.07. The number of halogens is 3. The summed E-state index contributed by atoms with van der Waals surface area (Å²) in [6.07, 6.45) is -5.41. The van der Waals surface area contributed by atoms with Gasteiger partial charge in [-0.25, -0.2) is 0 Å². The van der Waals surface area contributed by atoms with E-state index in [9.17, 15) is 22.8 Å². The van der Waals surface area contributed by atoms with Crippen molar-refractivity contribution in [2.75, 3.05) is 0 Å². The predicted molar refractivity (Wildman–Crippen MR) is 64.3 cm³/mol. The van der Waals surface area contributed by atoms with Gasteiger partial charge in [-0.2, -0.15) is 18.4 Å². The van der Waals surface area contributed by atoms with Crippen LogP contribution in [0, 0.1) is 11.3 Å². The highest BCUT2D eigenvalue weighted by molar-refractivity contribution is 8.32. The van der Waals surface area contributed by atoms with Crippen molar-refractivity contribution in [3.63, 3.8) is 0 Å². The Hall–Kier alpha value is -0.880. The summed E-state index contributed by atoms with van der Waals surface area (Å²) in [7, 11) is 0. The molecule has 0 saturated heterocycles. The number of nitrogens with zero attached hydrogens (tertiary/aromatic N) is 1. The van der Waals surface area contributed by atoms with Crippen LogP contribution in [0.2, 0.25) is 0 Å². The maximum absolute atomic E-state index is 12.6. The van der Waals surface area contributed by atoms with E-state index in [-0.39, 0.29) is 6.42 Å². The quantitative estimate of drug-likeness (QED) is 0.765. The molecule has 18 heavy (non-hydrogen) atoms. The summed E-state index contributed by atoms with van der Waals surface area (Å²) in [4.78, 5) is 21.4. The van der Waals surface area contributed by atoms with Gasteiger partial charge < -0.3 is 5.32 Å². The van der Waals surface area contributed by atoms with E-state index in [0.717, 1.165) is 6.92 Å². The highest BCUT2D eigenvalue weighted by Gasteiger charge is 2.41. The van der Waals surface area contributed by atoms with Crippen LogP contribution < -0.4 is 5.32 Å². The number of nitrogens with one attached hydrogen (secondary N) is 1. The van der Waals surface area contributed by atoms with Gasteiger partial charge in [0.25, 0.3) is 0 Å². The SMILES string of the molecule is CC(=O)NC(CC(CC#N)SC(=O)S)C(F)(F)F. The fraction of sp³-hybridized carbons (Fsp3) is 0.667. The standard InChI is InChI=1S/C9H11F3N2O2S2/c1-5(15)14-7(9(10,11)12)4-6(2-3-13)18-8(16)17/h6-7H,2,4H2,1H3,(H,14,15)(H,16,17). The Kier molecular flexibility index (Phi) is 7.16. The molecule has 0 saturated carbocycles. The number of rotatable bonds is 5. The van der Waals surface area contributed by atoms with E-state index in [1.54, 1.807) is 11.4 Å². The number of hydrogen-bond acceptors (Lipinski definition) is 4. The molecule has 9 heteroatoms. The Morgan fingerprint density at radius 2 is 2.06 bits per heavy atom. The van der Waals surface area contributed by atoms with Gasteiger partial charge in [-0.1, -0.05) is 24.4 Å². The zero-order chi connectivity index (χ0) is 14.3. The lowest BCUT2D eigenvalue weighted by atomic mass is 10.1. The van der Waals surface area contributed by atoms with E-state index in [1.807, 2.05) is 0 Å². The van der Waals surface area contributed by atoms with Gasteiger partial charge in [-0.05, 0) is 6.42 Å². The molecule has 1 amide bonds. The molecular weight excluding hydrogens is 289 g/mol. The molecule has 0 aliphatic heterocycles. The molecule has 2 unspecified atom stereocenters. The Morgan fingerprint density at radius 1 is 1.50 bits per heavy atom. The zero-order valence-corrected chi connectivity index (χ0v) is 11.0.